The minimum absolute atomic E-state index is 0.463. The monoisotopic (exact) mass is 337 g/mol. The molecule has 2 aromatic carbocycles. The summed E-state index contributed by atoms with van der Waals surface area (Å²) in [7, 11) is 0. The van der Waals surface area contributed by atoms with Gasteiger partial charge in [0.25, 0.3) is 0 Å². The molecule has 0 atom stereocenters. The molecule has 0 saturated carbocycles. The molecule has 0 bridgehead atoms. The van der Waals surface area contributed by atoms with E-state index in [1.54, 1.807) is 4.90 Å². The maximum Gasteiger partial charge on any atom is 0.313 e. The highest BCUT2D eigenvalue weighted by atomic mass is 16.2. The first-order valence-electron chi connectivity index (χ1n) is 8.53. The van der Waals surface area contributed by atoms with Gasteiger partial charge in [0.1, 0.15) is 0 Å². The van der Waals surface area contributed by atoms with Crippen molar-refractivity contribution in [3.8, 4) is 0 Å². The summed E-state index contributed by atoms with van der Waals surface area (Å²) in [5.41, 5.74) is 3.78. The van der Waals surface area contributed by atoms with Crippen LogP contribution in [0.2, 0.25) is 0 Å². The van der Waals surface area contributed by atoms with Crippen LogP contribution in [0.25, 0.3) is 0 Å². The second kappa shape index (κ2) is 7.38. The highest BCUT2D eigenvalue weighted by Gasteiger charge is 2.26. The first kappa shape index (κ1) is 17.0. The predicted molar refractivity (Wildman–Crippen MR) is 99.8 cm³/mol. The number of nitrogens with one attached hydrogen (secondary N) is 1. The number of anilines is 2. The summed E-state index contributed by atoms with van der Waals surface area (Å²) in [5, 5.41) is 2.77. The standard InChI is InChI=1S/C20H23N3O2/c1-15-7-6-8-16(2)18(15)21-19(24)20(25)23-13-11-22(12-14-23)17-9-4-3-5-10-17/h3-10H,11-14H2,1-2H3,(H,21,24). The van der Waals surface area contributed by atoms with E-state index in [9.17, 15) is 9.59 Å². The smallest absolute Gasteiger partial charge is 0.313 e. The summed E-state index contributed by atoms with van der Waals surface area (Å²) in [6, 6.07) is 15.9. The van der Waals surface area contributed by atoms with E-state index in [0.717, 1.165) is 35.6 Å². The van der Waals surface area contributed by atoms with Gasteiger partial charge in [0.05, 0.1) is 0 Å². The first-order valence-corrected chi connectivity index (χ1v) is 8.53. The van der Waals surface area contributed by atoms with Crippen molar-refractivity contribution in [1.82, 2.24) is 4.90 Å². The van der Waals surface area contributed by atoms with Crippen molar-refractivity contribution in [2.75, 3.05) is 36.4 Å². The average Bonchev–Trinajstić information content (AvgIpc) is 2.65. The fourth-order valence-electron chi connectivity index (χ4n) is 3.13. The maximum absolute atomic E-state index is 12.5. The van der Waals surface area contributed by atoms with Crippen molar-refractivity contribution in [1.29, 1.82) is 0 Å². The molecule has 1 N–H and O–H groups in total. The van der Waals surface area contributed by atoms with E-state index in [0.29, 0.717) is 13.1 Å². The lowest BCUT2D eigenvalue weighted by Crippen LogP contribution is -2.51. The number of benzene rings is 2. The second-order valence-corrected chi connectivity index (χ2v) is 6.34. The van der Waals surface area contributed by atoms with E-state index in [1.165, 1.54) is 0 Å². The van der Waals surface area contributed by atoms with Gasteiger partial charge in [-0.1, -0.05) is 36.4 Å². The van der Waals surface area contributed by atoms with Gasteiger partial charge in [-0.25, -0.2) is 0 Å². The summed E-state index contributed by atoms with van der Waals surface area (Å²) in [4.78, 5) is 28.7. The maximum atomic E-state index is 12.5. The summed E-state index contributed by atoms with van der Waals surface area (Å²) < 4.78 is 0. The van der Waals surface area contributed by atoms with Crippen molar-refractivity contribution in [2.24, 2.45) is 0 Å². The molecule has 2 amide bonds. The van der Waals surface area contributed by atoms with Crippen LogP contribution in [-0.4, -0.2) is 42.9 Å². The Balaban J connectivity index is 1.60. The number of amides is 2. The largest absolute Gasteiger partial charge is 0.368 e. The number of aryl methyl sites for hydroxylation is 2. The van der Waals surface area contributed by atoms with Crippen molar-refractivity contribution < 1.29 is 9.59 Å². The number of para-hydroxylation sites is 2. The molecule has 2 aromatic rings. The first-order chi connectivity index (χ1) is 12.1. The van der Waals surface area contributed by atoms with Crippen LogP contribution in [-0.2, 0) is 9.59 Å². The molecule has 1 aliphatic rings. The second-order valence-electron chi connectivity index (χ2n) is 6.34. The number of carbonyl (C=O) groups is 2. The molecule has 5 nitrogen and oxygen atoms in total. The van der Waals surface area contributed by atoms with Crippen LogP contribution in [0.1, 0.15) is 11.1 Å². The fraction of sp³-hybridized carbons (Fsp3) is 0.300. The van der Waals surface area contributed by atoms with Crippen LogP contribution in [0.15, 0.2) is 48.5 Å². The fourth-order valence-corrected chi connectivity index (χ4v) is 3.13. The predicted octanol–water partition coefficient (Wildman–Crippen LogP) is 2.59. The van der Waals surface area contributed by atoms with Crippen LogP contribution in [0, 0.1) is 13.8 Å². The van der Waals surface area contributed by atoms with E-state index in [-0.39, 0.29) is 0 Å². The number of carbonyl (C=O) groups excluding carboxylic acids is 2. The Kier molecular flexibility index (Phi) is 5.03. The molecule has 130 valence electrons. The molecule has 0 radical (unpaired) electrons. The average molecular weight is 337 g/mol. The zero-order valence-corrected chi connectivity index (χ0v) is 14.7. The SMILES string of the molecule is Cc1cccc(C)c1NC(=O)C(=O)N1CCN(c2ccccc2)CC1. The quantitative estimate of drug-likeness (QED) is 0.857. The molecule has 0 aromatic heterocycles. The van der Waals surface area contributed by atoms with Crippen molar-refractivity contribution in [3.63, 3.8) is 0 Å². The Bertz CT molecular complexity index is 746. The van der Waals surface area contributed by atoms with Crippen molar-refractivity contribution in [3.05, 3.63) is 59.7 Å². The highest BCUT2D eigenvalue weighted by molar-refractivity contribution is 6.39. The van der Waals surface area contributed by atoms with Gasteiger partial charge in [0.15, 0.2) is 0 Å². The summed E-state index contributed by atoms with van der Waals surface area (Å²) in [6.07, 6.45) is 0. The van der Waals surface area contributed by atoms with Crippen LogP contribution in [0.3, 0.4) is 0 Å². The molecule has 0 spiro atoms. The lowest BCUT2D eigenvalue weighted by molar-refractivity contribution is -0.143. The number of nitrogens with zero attached hydrogens (tertiary/aromatic N) is 2. The molecule has 3 rings (SSSR count). The number of piperazine rings is 1. The van der Waals surface area contributed by atoms with Gasteiger partial charge in [0, 0.05) is 37.6 Å². The molecule has 1 heterocycles. The van der Waals surface area contributed by atoms with Gasteiger partial charge in [0.2, 0.25) is 0 Å². The van der Waals surface area contributed by atoms with E-state index < -0.39 is 11.8 Å². The van der Waals surface area contributed by atoms with Crippen molar-refractivity contribution in [2.45, 2.75) is 13.8 Å². The molecule has 1 aliphatic heterocycles. The third-order valence-corrected chi connectivity index (χ3v) is 4.60. The summed E-state index contributed by atoms with van der Waals surface area (Å²) >= 11 is 0. The number of hydrogen-bond acceptors (Lipinski definition) is 3. The van der Waals surface area contributed by atoms with Gasteiger partial charge in [-0.3, -0.25) is 9.59 Å². The number of hydrogen-bond donors (Lipinski definition) is 1. The minimum atomic E-state index is -0.564. The molecular formula is C20H23N3O2. The van der Waals surface area contributed by atoms with Crippen LogP contribution < -0.4 is 10.2 Å². The van der Waals surface area contributed by atoms with E-state index in [1.807, 2.05) is 50.2 Å². The van der Waals surface area contributed by atoms with Crippen LogP contribution in [0.5, 0.6) is 0 Å². The molecule has 5 heteroatoms. The molecule has 25 heavy (non-hydrogen) atoms. The van der Waals surface area contributed by atoms with Gasteiger partial charge in [-0.2, -0.15) is 0 Å². The Morgan fingerprint density at radius 2 is 1.44 bits per heavy atom. The number of rotatable bonds is 2. The topological polar surface area (TPSA) is 52.7 Å². The summed E-state index contributed by atoms with van der Waals surface area (Å²) in [6.45, 7) is 6.40. The zero-order valence-electron chi connectivity index (χ0n) is 14.7. The molecule has 0 aliphatic carbocycles. The Morgan fingerprint density at radius 1 is 0.840 bits per heavy atom. The molecular weight excluding hydrogens is 314 g/mol. The zero-order chi connectivity index (χ0) is 17.8. The van der Waals surface area contributed by atoms with Crippen molar-refractivity contribution >= 4 is 23.2 Å². The van der Waals surface area contributed by atoms with E-state index in [4.69, 9.17) is 0 Å². The minimum Gasteiger partial charge on any atom is -0.368 e. The van der Waals surface area contributed by atoms with Gasteiger partial charge in [-0.05, 0) is 37.1 Å². The van der Waals surface area contributed by atoms with Crippen LogP contribution >= 0.6 is 0 Å². The van der Waals surface area contributed by atoms with Gasteiger partial charge < -0.3 is 15.1 Å². The molecule has 1 saturated heterocycles. The Labute approximate surface area is 148 Å². The summed E-state index contributed by atoms with van der Waals surface area (Å²) in [5.74, 6) is -1.03. The third-order valence-electron chi connectivity index (χ3n) is 4.60. The molecule has 1 fully saturated rings. The third kappa shape index (κ3) is 3.82. The van der Waals surface area contributed by atoms with Gasteiger partial charge >= 0.3 is 11.8 Å². The Hall–Kier alpha value is -2.82. The van der Waals surface area contributed by atoms with Gasteiger partial charge in [-0.15, -0.1) is 0 Å². The van der Waals surface area contributed by atoms with E-state index in [2.05, 4.69) is 22.3 Å². The lowest BCUT2D eigenvalue weighted by atomic mass is 10.1. The highest BCUT2D eigenvalue weighted by Crippen LogP contribution is 2.20. The molecule has 0 unspecified atom stereocenters. The Morgan fingerprint density at radius 3 is 2.04 bits per heavy atom. The van der Waals surface area contributed by atoms with Crippen LogP contribution in [0.4, 0.5) is 11.4 Å². The normalized spacial score (nSPS) is 14.3. The lowest BCUT2D eigenvalue weighted by Gasteiger charge is -2.35. The van der Waals surface area contributed by atoms with E-state index >= 15 is 0 Å².